The van der Waals surface area contributed by atoms with Crippen LogP contribution in [-0.2, 0) is 4.79 Å². The summed E-state index contributed by atoms with van der Waals surface area (Å²) in [5, 5.41) is 9.51. The lowest BCUT2D eigenvalue weighted by Gasteiger charge is -2.26. The first-order chi connectivity index (χ1) is 8.59. The van der Waals surface area contributed by atoms with Gasteiger partial charge in [-0.05, 0) is 63.9 Å². The van der Waals surface area contributed by atoms with Crippen LogP contribution in [0.15, 0.2) is 14.3 Å². The zero-order chi connectivity index (χ0) is 13.1. The minimum Gasteiger partial charge on any atom is -0.480 e. The second-order valence-corrected chi connectivity index (χ2v) is 7.72. The molecule has 1 aliphatic heterocycles. The summed E-state index contributed by atoms with van der Waals surface area (Å²) in [5.74, 6) is -0.752. The second-order valence-electron chi connectivity index (χ2n) is 4.46. The zero-order valence-corrected chi connectivity index (χ0v) is 13.9. The molecule has 2 rings (SSSR count). The summed E-state index contributed by atoms with van der Waals surface area (Å²) in [4.78, 5) is 14.6. The summed E-state index contributed by atoms with van der Waals surface area (Å²) in [7, 11) is 0. The van der Waals surface area contributed by atoms with Gasteiger partial charge >= 0.3 is 5.97 Å². The Morgan fingerprint density at radius 1 is 1.28 bits per heavy atom. The average Bonchev–Trinajstić information content (AvgIpc) is 2.55. The maximum Gasteiger partial charge on any atom is 0.326 e. The highest BCUT2D eigenvalue weighted by molar-refractivity contribution is 9.13. The topological polar surface area (TPSA) is 40.5 Å². The van der Waals surface area contributed by atoms with E-state index in [1.54, 1.807) is 0 Å². The Labute approximate surface area is 127 Å². The van der Waals surface area contributed by atoms with Crippen LogP contribution in [0.5, 0.6) is 0 Å². The van der Waals surface area contributed by atoms with Gasteiger partial charge < -0.3 is 5.11 Å². The molecule has 3 nitrogen and oxygen atoms in total. The number of hydrogen-bond acceptors (Lipinski definition) is 3. The maximum absolute atomic E-state index is 11.6. The lowest BCUT2D eigenvalue weighted by molar-refractivity contribution is -0.143. The smallest absolute Gasteiger partial charge is 0.326 e. The van der Waals surface area contributed by atoms with E-state index in [4.69, 9.17) is 0 Å². The van der Waals surface area contributed by atoms with Crippen LogP contribution < -0.4 is 0 Å². The first kappa shape index (κ1) is 14.5. The van der Waals surface area contributed by atoms with Gasteiger partial charge in [0.15, 0.2) is 0 Å². The van der Waals surface area contributed by atoms with Crippen LogP contribution >= 0.6 is 43.2 Å². The summed E-state index contributed by atoms with van der Waals surface area (Å²) in [6, 6.07) is 1.41. The highest BCUT2D eigenvalue weighted by Crippen LogP contribution is 2.38. The van der Waals surface area contributed by atoms with Crippen LogP contribution in [-0.4, -0.2) is 29.1 Å². The van der Waals surface area contributed by atoms with E-state index < -0.39 is 12.0 Å². The monoisotopic (exact) mass is 395 g/mol. The van der Waals surface area contributed by atoms with Gasteiger partial charge in [-0.2, -0.15) is 0 Å². The Balaban J connectivity index is 2.24. The third-order valence-corrected chi connectivity index (χ3v) is 6.48. The predicted octanol–water partition coefficient (Wildman–Crippen LogP) is 4.27. The fraction of sp³-hybridized carbons (Fsp3) is 0.583. The minimum atomic E-state index is -0.752. The molecule has 2 heterocycles. The molecule has 1 fully saturated rings. The van der Waals surface area contributed by atoms with Crippen molar-refractivity contribution < 1.29 is 9.90 Å². The molecule has 1 unspecified atom stereocenters. The number of likely N-dealkylation sites (tertiary alicyclic amines) is 1. The first-order valence-corrected chi connectivity index (χ1v) is 8.41. The van der Waals surface area contributed by atoms with Crippen LogP contribution in [0.4, 0.5) is 0 Å². The molecule has 0 bridgehead atoms. The SMILES string of the molecule is O=C(O)C(c1cc(Br)c(Br)s1)N1CCCCCC1. The van der Waals surface area contributed by atoms with Crippen LogP contribution in [0.3, 0.4) is 0 Å². The predicted molar refractivity (Wildman–Crippen MR) is 80.1 cm³/mol. The van der Waals surface area contributed by atoms with Gasteiger partial charge in [0.25, 0.3) is 0 Å². The number of nitrogens with zero attached hydrogens (tertiary/aromatic N) is 1. The fourth-order valence-corrected chi connectivity index (χ4v) is 4.53. The molecule has 0 radical (unpaired) electrons. The third kappa shape index (κ3) is 3.35. The summed E-state index contributed by atoms with van der Waals surface area (Å²) < 4.78 is 1.89. The number of aliphatic carboxylic acids is 1. The standard InChI is InChI=1S/C12H15Br2NO2S/c13-8-7-9(18-11(8)14)10(12(16)17)15-5-3-1-2-4-6-15/h7,10H,1-6H2,(H,16,17). The highest BCUT2D eigenvalue weighted by atomic mass is 79.9. The van der Waals surface area contributed by atoms with Crippen molar-refractivity contribution in [1.82, 2.24) is 4.90 Å². The molecule has 100 valence electrons. The third-order valence-electron chi connectivity index (χ3n) is 3.17. The molecule has 6 heteroatoms. The Morgan fingerprint density at radius 2 is 1.89 bits per heavy atom. The minimum absolute atomic E-state index is 0.504. The van der Waals surface area contributed by atoms with Crippen molar-refractivity contribution in [3.05, 3.63) is 19.2 Å². The Morgan fingerprint density at radius 3 is 2.33 bits per heavy atom. The van der Waals surface area contributed by atoms with E-state index in [2.05, 4.69) is 36.8 Å². The second kappa shape index (κ2) is 6.50. The van der Waals surface area contributed by atoms with Crippen molar-refractivity contribution in [2.75, 3.05) is 13.1 Å². The molecular weight excluding hydrogens is 382 g/mol. The van der Waals surface area contributed by atoms with E-state index in [9.17, 15) is 9.90 Å². The maximum atomic E-state index is 11.6. The lowest BCUT2D eigenvalue weighted by Crippen LogP contribution is -2.34. The largest absolute Gasteiger partial charge is 0.480 e. The molecule has 1 aromatic heterocycles. The van der Waals surface area contributed by atoms with E-state index in [1.807, 2.05) is 6.07 Å². The van der Waals surface area contributed by atoms with E-state index in [1.165, 1.54) is 24.2 Å². The molecule has 1 N–H and O–H groups in total. The van der Waals surface area contributed by atoms with Gasteiger partial charge in [0.1, 0.15) is 6.04 Å². The Kier molecular flexibility index (Phi) is 5.24. The van der Waals surface area contributed by atoms with Gasteiger partial charge in [0.05, 0.1) is 3.79 Å². The molecule has 0 saturated carbocycles. The van der Waals surface area contributed by atoms with Crippen molar-refractivity contribution >= 4 is 49.2 Å². The van der Waals surface area contributed by atoms with Gasteiger partial charge in [-0.25, -0.2) is 0 Å². The highest BCUT2D eigenvalue weighted by Gasteiger charge is 2.29. The van der Waals surface area contributed by atoms with E-state index in [-0.39, 0.29) is 0 Å². The fourth-order valence-electron chi connectivity index (χ4n) is 2.31. The summed E-state index contributed by atoms with van der Waals surface area (Å²) in [6.07, 6.45) is 4.61. The van der Waals surface area contributed by atoms with Crippen LogP contribution in [0.2, 0.25) is 0 Å². The van der Waals surface area contributed by atoms with E-state index in [0.29, 0.717) is 0 Å². The zero-order valence-electron chi connectivity index (χ0n) is 9.86. The van der Waals surface area contributed by atoms with Crippen molar-refractivity contribution in [1.29, 1.82) is 0 Å². The lowest BCUT2D eigenvalue weighted by atomic mass is 10.2. The van der Waals surface area contributed by atoms with Crippen molar-refractivity contribution in [2.24, 2.45) is 0 Å². The van der Waals surface area contributed by atoms with Gasteiger partial charge in [-0.1, -0.05) is 12.8 Å². The van der Waals surface area contributed by atoms with Crippen LogP contribution in [0, 0.1) is 0 Å². The van der Waals surface area contributed by atoms with Crippen LogP contribution in [0.25, 0.3) is 0 Å². The number of hydrogen-bond donors (Lipinski definition) is 1. The first-order valence-electron chi connectivity index (χ1n) is 6.01. The molecule has 0 aliphatic carbocycles. The Hall–Kier alpha value is 0.0900. The number of carboxylic acids is 1. The average molecular weight is 397 g/mol. The molecule has 0 spiro atoms. The summed E-state index contributed by atoms with van der Waals surface area (Å²) >= 11 is 8.36. The quantitative estimate of drug-likeness (QED) is 0.828. The summed E-state index contributed by atoms with van der Waals surface area (Å²) in [5.41, 5.74) is 0. The molecule has 1 aliphatic rings. The molecule has 18 heavy (non-hydrogen) atoms. The number of thiophene rings is 1. The van der Waals surface area contributed by atoms with Gasteiger partial charge in [0, 0.05) is 9.35 Å². The van der Waals surface area contributed by atoms with Gasteiger partial charge in [-0.3, -0.25) is 9.69 Å². The van der Waals surface area contributed by atoms with Crippen molar-refractivity contribution in [2.45, 2.75) is 31.7 Å². The van der Waals surface area contributed by atoms with E-state index >= 15 is 0 Å². The van der Waals surface area contributed by atoms with Gasteiger partial charge in [0.2, 0.25) is 0 Å². The number of halogens is 2. The molecule has 0 aromatic carbocycles. The normalized spacial score (nSPS) is 19.4. The van der Waals surface area contributed by atoms with Crippen LogP contribution in [0.1, 0.15) is 36.6 Å². The molecule has 1 aromatic rings. The number of carboxylic acid groups (broad SMARTS) is 1. The van der Waals surface area contributed by atoms with E-state index in [0.717, 1.165) is 39.1 Å². The van der Waals surface area contributed by atoms with Crippen molar-refractivity contribution in [3.8, 4) is 0 Å². The molecular formula is C12H15Br2NO2S. The summed E-state index contributed by atoms with van der Waals surface area (Å²) in [6.45, 7) is 1.76. The number of carbonyl (C=O) groups is 1. The Bertz CT molecular complexity index is 408. The molecule has 1 atom stereocenters. The molecule has 0 amide bonds. The number of rotatable bonds is 3. The van der Waals surface area contributed by atoms with Gasteiger partial charge in [-0.15, -0.1) is 11.3 Å². The van der Waals surface area contributed by atoms with Crippen molar-refractivity contribution in [3.63, 3.8) is 0 Å². The molecule has 1 saturated heterocycles.